The molecule has 0 fully saturated rings. The summed E-state index contributed by atoms with van der Waals surface area (Å²) >= 11 is 0. The van der Waals surface area contributed by atoms with Crippen LogP contribution in [0.15, 0.2) is 56.0 Å². The van der Waals surface area contributed by atoms with Crippen LogP contribution in [0.25, 0.3) is 11.0 Å². The number of allylic oxidation sites excluding steroid dienone is 1. The van der Waals surface area contributed by atoms with Crippen molar-refractivity contribution in [1.82, 2.24) is 5.32 Å². The number of methoxy groups -OCH3 is 1. The van der Waals surface area contributed by atoms with E-state index in [4.69, 9.17) is 13.9 Å². The van der Waals surface area contributed by atoms with E-state index in [1.54, 1.807) is 31.2 Å². The Labute approximate surface area is 198 Å². The van der Waals surface area contributed by atoms with E-state index in [9.17, 15) is 14.4 Å². The van der Waals surface area contributed by atoms with Crippen molar-refractivity contribution in [2.45, 2.75) is 64.7 Å². The van der Waals surface area contributed by atoms with E-state index < -0.39 is 17.9 Å². The molecule has 1 N–H and O–H groups in total. The molecule has 0 aliphatic carbocycles. The van der Waals surface area contributed by atoms with Crippen molar-refractivity contribution in [1.29, 1.82) is 0 Å². The molecule has 7 nitrogen and oxygen atoms in total. The molecule has 34 heavy (non-hydrogen) atoms. The molecule has 0 radical (unpaired) electrons. The third-order valence-corrected chi connectivity index (χ3v) is 6.54. The first-order valence-electron chi connectivity index (χ1n) is 12.0. The molecule has 0 spiro atoms. The highest BCUT2D eigenvalue weighted by Gasteiger charge is 2.42. The standard InChI is InChI=1S/C27H31NO6/c1-4-5-6-7-8-9-11-17-14-21(29)18-12-10-13-19(25(18)34-17)23-22(26(30)32-3)16(2)28-20-15-33-27(31)24(20)23/h10,12-14,23,28H,4-9,11,15H2,1-3H3. The minimum Gasteiger partial charge on any atom is -0.466 e. The van der Waals surface area contributed by atoms with E-state index in [1.165, 1.54) is 26.4 Å². The monoisotopic (exact) mass is 465 g/mol. The minimum atomic E-state index is -0.755. The van der Waals surface area contributed by atoms with Gasteiger partial charge in [0.15, 0.2) is 5.43 Å². The lowest BCUT2D eigenvalue weighted by Gasteiger charge is -2.27. The predicted molar refractivity (Wildman–Crippen MR) is 128 cm³/mol. The molecule has 180 valence electrons. The Bertz CT molecular complexity index is 1240. The van der Waals surface area contributed by atoms with Crippen LogP contribution in [-0.4, -0.2) is 25.7 Å². The molecule has 1 atom stereocenters. The van der Waals surface area contributed by atoms with E-state index in [-0.39, 0.29) is 12.0 Å². The van der Waals surface area contributed by atoms with E-state index >= 15 is 0 Å². The number of unbranched alkanes of at least 4 members (excludes halogenated alkanes) is 5. The maximum atomic E-state index is 13.0. The van der Waals surface area contributed by atoms with Crippen LogP contribution in [0.3, 0.4) is 0 Å². The van der Waals surface area contributed by atoms with Crippen molar-refractivity contribution in [3.63, 3.8) is 0 Å². The minimum absolute atomic E-state index is 0.106. The molecule has 4 rings (SSSR count). The summed E-state index contributed by atoms with van der Waals surface area (Å²) in [6.07, 6.45) is 7.49. The third-order valence-electron chi connectivity index (χ3n) is 6.54. The van der Waals surface area contributed by atoms with Crippen molar-refractivity contribution in [2.24, 2.45) is 0 Å². The summed E-state index contributed by atoms with van der Waals surface area (Å²) in [6, 6.07) is 6.80. The number of fused-ring (bicyclic) bond motifs is 1. The van der Waals surface area contributed by atoms with Gasteiger partial charge in [0.05, 0.1) is 35.3 Å². The fourth-order valence-electron chi connectivity index (χ4n) is 4.84. The molecule has 1 aromatic carbocycles. The largest absolute Gasteiger partial charge is 0.466 e. The molecule has 0 saturated carbocycles. The number of hydrogen-bond donors (Lipinski definition) is 1. The molecule has 0 saturated heterocycles. The molecule has 2 aromatic rings. The van der Waals surface area contributed by atoms with Gasteiger partial charge in [0.2, 0.25) is 0 Å². The lowest BCUT2D eigenvalue weighted by molar-refractivity contribution is -0.136. The number of carbonyl (C=O) groups excluding carboxylic acids is 2. The zero-order valence-corrected chi connectivity index (χ0v) is 20.0. The van der Waals surface area contributed by atoms with Gasteiger partial charge in [-0.05, 0) is 19.4 Å². The molecule has 2 aliphatic rings. The van der Waals surface area contributed by atoms with E-state index in [1.807, 2.05) is 0 Å². The van der Waals surface area contributed by atoms with Crippen LogP contribution in [0.5, 0.6) is 0 Å². The Hall–Kier alpha value is -3.35. The van der Waals surface area contributed by atoms with E-state index in [0.29, 0.717) is 51.3 Å². The van der Waals surface area contributed by atoms with Gasteiger partial charge in [0, 0.05) is 23.7 Å². The fourth-order valence-corrected chi connectivity index (χ4v) is 4.84. The highest BCUT2D eigenvalue weighted by Crippen LogP contribution is 2.43. The lowest BCUT2D eigenvalue weighted by atomic mass is 9.80. The first kappa shape index (κ1) is 23.8. The molecule has 0 amide bonds. The number of cyclic esters (lactones) is 1. The topological polar surface area (TPSA) is 94.8 Å². The molecular formula is C27H31NO6. The zero-order valence-electron chi connectivity index (χ0n) is 20.0. The predicted octanol–water partition coefficient (Wildman–Crippen LogP) is 4.64. The molecule has 7 heteroatoms. The summed E-state index contributed by atoms with van der Waals surface area (Å²) in [5.74, 6) is -1.19. The van der Waals surface area contributed by atoms with Gasteiger partial charge >= 0.3 is 11.9 Å². The number of esters is 2. The van der Waals surface area contributed by atoms with Gasteiger partial charge in [-0.3, -0.25) is 4.79 Å². The maximum Gasteiger partial charge on any atom is 0.337 e. The van der Waals surface area contributed by atoms with Crippen LogP contribution in [0.2, 0.25) is 0 Å². The van der Waals surface area contributed by atoms with Crippen molar-refractivity contribution in [2.75, 3.05) is 13.7 Å². The fraction of sp³-hybridized carbons (Fsp3) is 0.444. The van der Waals surface area contributed by atoms with Crippen molar-refractivity contribution in [3.05, 3.63) is 68.4 Å². The Kier molecular flexibility index (Phi) is 7.20. The number of ether oxygens (including phenoxy) is 2. The van der Waals surface area contributed by atoms with Crippen LogP contribution in [-0.2, 0) is 25.5 Å². The molecule has 1 unspecified atom stereocenters. The summed E-state index contributed by atoms with van der Waals surface area (Å²) in [7, 11) is 1.30. The second kappa shape index (κ2) is 10.3. The number of benzene rings is 1. The number of rotatable bonds is 9. The quantitative estimate of drug-likeness (QED) is 0.426. The smallest absolute Gasteiger partial charge is 0.337 e. The number of aryl methyl sites for hydroxylation is 1. The Morgan fingerprint density at radius 3 is 2.68 bits per heavy atom. The summed E-state index contributed by atoms with van der Waals surface area (Å²) in [5, 5.41) is 3.53. The first-order chi connectivity index (χ1) is 16.5. The van der Waals surface area contributed by atoms with Crippen LogP contribution in [0.4, 0.5) is 0 Å². The second-order valence-electron chi connectivity index (χ2n) is 8.88. The normalized spacial score (nSPS) is 17.6. The van der Waals surface area contributed by atoms with Gasteiger partial charge < -0.3 is 19.2 Å². The molecule has 0 bridgehead atoms. The van der Waals surface area contributed by atoms with Gasteiger partial charge in [-0.25, -0.2) is 9.59 Å². The summed E-state index contributed by atoms with van der Waals surface area (Å²) in [6.45, 7) is 4.06. The molecule has 3 heterocycles. The second-order valence-corrected chi connectivity index (χ2v) is 8.88. The SMILES string of the molecule is CCCCCCCCc1cc(=O)c2cccc(C3C(C(=O)OC)=C(C)NC4=C3C(=O)OC4)c2o1. The Balaban J connectivity index is 1.77. The van der Waals surface area contributed by atoms with Gasteiger partial charge in [0.25, 0.3) is 0 Å². The van der Waals surface area contributed by atoms with Crippen LogP contribution in [0.1, 0.15) is 69.6 Å². The summed E-state index contributed by atoms with van der Waals surface area (Å²) in [5.41, 5.74) is 2.68. The van der Waals surface area contributed by atoms with Gasteiger partial charge in [-0.1, -0.05) is 51.2 Å². The van der Waals surface area contributed by atoms with Crippen LogP contribution in [0, 0.1) is 0 Å². The Morgan fingerprint density at radius 2 is 1.91 bits per heavy atom. The zero-order chi connectivity index (χ0) is 24.2. The van der Waals surface area contributed by atoms with Crippen molar-refractivity contribution >= 4 is 22.9 Å². The molecular weight excluding hydrogens is 434 g/mol. The first-order valence-corrected chi connectivity index (χ1v) is 12.0. The third kappa shape index (κ3) is 4.52. The number of nitrogens with one attached hydrogen (secondary N) is 1. The van der Waals surface area contributed by atoms with Crippen molar-refractivity contribution < 1.29 is 23.5 Å². The van der Waals surface area contributed by atoms with Crippen LogP contribution >= 0.6 is 0 Å². The lowest BCUT2D eigenvalue weighted by Crippen LogP contribution is -2.30. The van der Waals surface area contributed by atoms with Crippen molar-refractivity contribution in [3.8, 4) is 0 Å². The number of dihydropyridines is 1. The van der Waals surface area contributed by atoms with E-state index in [0.717, 1.165) is 19.3 Å². The highest BCUT2D eigenvalue weighted by atomic mass is 16.5. The van der Waals surface area contributed by atoms with Crippen LogP contribution < -0.4 is 10.7 Å². The highest BCUT2D eigenvalue weighted by molar-refractivity contribution is 6.02. The number of carbonyl (C=O) groups is 2. The van der Waals surface area contributed by atoms with E-state index in [2.05, 4.69) is 12.2 Å². The molecule has 2 aliphatic heterocycles. The number of para-hydroxylation sites is 1. The summed E-state index contributed by atoms with van der Waals surface area (Å²) in [4.78, 5) is 38.4. The van der Waals surface area contributed by atoms with Gasteiger partial charge in [0.1, 0.15) is 18.0 Å². The summed E-state index contributed by atoms with van der Waals surface area (Å²) < 4.78 is 16.6. The average Bonchev–Trinajstić information content (AvgIpc) is 3.19. The van der Waals surface area contributed by atoms with Gasteiger partial charge in [-0.15, -0.1) is 0 Å². The average molecular weight is 466 g/mol. The maximum absolute atomic E-state index is 13.0. The molecule has 1 aromatic heterocycles. The Morgan fingerprint density at radius 1 is 1.15 bits per heavy atom. The van der Waals surface area contributed by atoms with Gasteiger partial charge in [-0.2, -0.15) is 0 Å². The number of hydrogen-bond acceptors (Lipinski definition) is 7.